The number of nitrogens with zero attached hydrogens (tertiary/aromatic N) is 4. The Labute approximate surface area is 205 Å². The Balaban J connectivity index is 1.44. The molecule has 0 bridgehead atoms. The standard InChI is InChI=1S/C24H22N8S2/c1-33-31-19-12-5-3-10-17(19)23-25-21(27-29-23)15-8-7-9-16(14-15)22-26-24(30-28-22)18-11-4-6-13-20(18)32-34-2/h3-14,31-32H,1-2H3,(H,25,27,29)(H,26,28,30). The second kappa shape index (κ2) is 10.0. The summed E-state index contributed by atoms with van der Waals surface area (Å²) < 4.78 is 6.57. The summed E-state index contributed by atoms with van der Waals surface area (Å²) in [6.45, 7) is 0. The number of rotatable bonds is 8. The quantitative estimate of drug-likeness (QED) is 0.199. The molecule has 2 aromatic heterocycles. The fourth-order valence-corrected chi connectivity index (χ4v) is 4.39. The van der Waals surface area contributed by atoms with Crippen molar-refractivity contribution in [3.05, 3.63) is 72.8 Å². The highest BCUT2D eigenvalue weighted by Gasteiger charge is 2.14. The molecule has 5 rings (SSSR count). The molecule has 0 saturated carbocycles. The lowest BCUT2D eigenvalue weighted by molar-refractivity contribution is 1.10. The van der Waals surface area contributed by atoms with Crippen molar-refractivity contribution >= 4 is 35.3 Å². The molecule has 0 atom stereocenters. The first-order valence-corrected chi connectivity index (χ1v) is 12.9. The van der Waals surface area contributed by atoms with Gasteiger partial charge in [0, 0.05) is 34.8 Å². The average molecular weight is 487 g/mol. The van der Waals surface area contributed by atoms with Gasteiger partial charge in [0.05, 0.1) is 11.4 Å². The molecule has 0 radical (unpaired) electrons. The molecule has 0 amide bonds. The Hall–Kier alpha value is -3.76. The number of anilines is 2. The lowest BCUT2D eigenvalue weighted by atomic mass is 10.1. The van der Waals surface area contributed by atoms with Gasteiger partial charge in [0.2, 0.25) is 0 Å². The third-order valence-electron chi connectivity index (χ3n) is 5.14. The van der Waals surface area contributed by atoms with Gasteiger partial charge in [-0.05, 0) is 30.3 Å². The molecule has 8 nitrogen and oxygen atoms in total. The largest absolute Gasteiger partial charge is 0.329 e. The van der Waals surface area contributed by atoms with Crippen molar-refractivity contribution in [2.24, 2.45) is 0 Å². The molecular formula is C24H22N8S2. The van der Waals surface area contributed by atoms with E-state index in [4.69, 9.17) is 9.97 Å². The van der Waals surface area contributed by atoms with Gasteiger partial charge in [-0.25, -0.2) is 9.97 Å². The van der Waals surface area contributed by atoms with E-state index in [2.05, 4.69) is 29.8 Å². The zero-order chi connectivity index (χ0) is 23.3. The lowest BCUT2D eigenvalue weighted by Crippen LogP contribution is -1.90. The Kier molecular flexibility index (Phi) is 6.50. The van der Waals surface area contributed by atoms with Crippen LogP contribution < -0.4 is 9.44 Å². The minimum absolute atomic E-state index is 0.612. The van der Waals surface area contributed by atoms with Gasteiger partial charge in [-0.15, -0.1) is 0 Å². The first-order valence-electron chi connectivity index (χ1n) is 10.5. The van der Waals surface area contributed by atoms with E-state index >= 15 is 0 Å². The van der Waals surface area contributed by atoms with Crippen molar-refractivity contribution in [2.45, 2.75) is 0 Å². The van der Waals surface area contributed by atoms with Gasteiger partial charge in [-0.1, -0.05) is 66.4 Å². The molecule has 0 aliphatic rings. The third-order valence-corrected chi connectivity index (χ3v) is 5.99. The summed E-state index contributed by atoms with van der Waals surface area (Å²) in [5.41, 5.74) is 5.65. The van der Waals surface area contributed by atoms with Crippen LogP contribution in [0.5, 0.6) is 0 Å². The molecule has 0 saturated heterocycles. The Morgan fingerprint density at radius 3 is 1.56 bits per heavy atom. The molecule has 0 aliphatic carbocycles. The smallest absolute Gasteiger partial charge is 0.181 e. The monoisotopic (exact) mass is 486 g/mol. The summed E-state index contributed by atoms with van der Waals surface area (Å²) in [4.78, 5) is 9.48. The van der Waals surface area contributed by atoms with Gasteiger partial charge in [0.15, 0.2) is 23.3 Å². The van der Waals surface area contributed by atoms with Crippen LogP contribution in [0.25, 0.3) is 45.6 Å². The van der Waals surface area contributed by atoms with Crippen molar-refractivity contribution in [1.82, 2.24) is 30.4 Å². The van der Waals surface area contributed by atoms with Crippen LogP contribution in [0.1, 0.15) is 0 Å². The molecule has 0 fully saturated rings. The maximum absolute atomic E-state index is 4.74. The molecule has 3 aromatic carbocycles. The van der Waals surface area contributed by atoms with Crippen LogP contribution in [0.4, 0.5) is 11.4 Å². The van der Waals surface area contributed by atoms with E-state index in [0.717, 1.165) is 33.6 Å². The van der Waals surface area contributed by atoms with Crippen LogP contribution in [0.2, 0.25) is 0 Å². The summed E-state index contributed by atoms with van der Waals surface area (Å²) in [6.07, 6.45) is 3.97. The van der Waals surface area contributed by atoms with Gasteiger partial charge in [0.1, 0.15) is 0 Å². The topological polar surface area (TPSA) is 107 Å². The van der Waals surface area contributed by atoms with Crippen LogP contribution in [0.15, 0.2) is 72.8 Å². The van der Waals surface area contributed by atoms with E-state index in [1.807, 2.05) is 85.3 Å². The molecule has 0 spiro atoms. The summed E-state index contributed by atoms with van der Waals surface area (Å²) in [5.74, 6) is 2.63. The van der Waals surface area contributed by atoms with E-state index in [0.29, 0.717) is 23.3 Å². The molecule has 2 heterocycles. The number of nitrogens with one attached hydrogen (secondary N) is 4. The van der Waals surface area contributed by atoms with E-state index in [-0.39, 0.29) is 0 Å². The molecule has 34 heavy (non-hydrogen) atoms. The van der Waals surface area contributed by atoms with Crippen LogP contribution in [-0.4, -0.2) is 42.9 Å². The van der Waals surface area contributed by atoms with Crippen molar-refractivity contribution in [3.8, 4) is 45.6 Å². The lowest BCUT2D eigenvalue weighted by Gasteiger charge is -2.06. The molecule has 10 heteroatoms. The molecule has 4 N–H and O–H groups in total. The first-order chi connectivity index (χ1) is 16.8. The van der Waals surface area contributed by atoms with E-state index in [9.17, 15) is 0 Å². The van der Waals surface area contributed by atoms with Gasteiger partial charge < -0.3 is 9.44 Å². The zero-order valence-corrected chi connectivity index (χ0v) is 20.2. The SMILES string of the molecule is CSNc1ccccc1-c1nc(-c2cccc(-c3n[nH]c(-c4ccccc4NSC)n3)c2)n[nH]1. The summed E-state index contributed by atoms with van der Waals surface area (Å²) in [6, 6.07) is 23.9. The number of para-hydroxylation sites is 2. The Bertz CT molecular complexity index is 1310. The molecule has 0 unspecified atom stereocenters. The number of benzene rings is 3. The van der Waals surface area contributed by atoms with Crippen LogP contribution in [0, 0.1) is 0 Å². The Morgan fingerprint density at radius 2 is 1.09 bits per heavy atom. The van der Waals surface area contributed by atoms with Crippen LogP contribution >= 0.6 is 23.9 Å². The van der Waals surface area contributed by atoms with E-state index < -0.39 is 0 Å². The average Bonchev–Trinajstić information content (AvgIpc) is 3.56. The number of H-pyrrole nitrogens is 2. The fraction of sp³-hybridized carbons (Fsp3) is 0.0833. The van der Waals surface area contributed by atoms with Crippen molar-refractivity contribution in [2.75, 3.05) is 22.0 Å². The molecule has 170 valence electrons. The minimum Gasteiger partial charge on any atom is -0.329 e. The normalized spacial score (nSPS) is 10.9. The summed E-state index contributed by atoms with van der Waals surface area (Å²) in [5, 5.41) is 15.0. The molecule has 0 aliphatic heterocycles. The highest BCUT2D eigenvalue weighted by atomic mass is 32.2. The van der Waals surface area contributed by atoms with E-state index in [1.54, 1.807) is 0 Å². The summed E-state index contributed by atoms with van der Waals surface area (Å²) >= 11 is 3.07. The second-order valence-corrected chi connectivity index (χ2v) is 8.52. The molecular weight excluding hydrogens is 464 g/mol. The second-order valence-electron chi connectivity index (χ2n) is 7.30. The maximum Gasteiger partial charge on any atom is 0.181 e. The van der Waals surface area contributed by atoms with Crippen molar-refractivity contribution < 1.29 is 0 Å². The number of hydrogen-bond donors (Lipinski definition) is 4. The number of aromatic nitrogens is 6. The maximum atomic E-state index is 4.74. The number of aromatic amines is 2. The number of hydrogen-bond acceptors (Lipinski definition) is 8. The van der Waals surface area contributed by atoms with Gasteiger partial charge in [-0.2, -0.15) is 10.2 Å². The van der Waals surface area contributed by atoms with Crippen molar-refractivity contribution in [3.63, 3.8) is 0 Å². The zero-order valence-electron chi connectivity index (χ0n) is 18.5. The highest BCUT2D eigenvalue weighted by Crippen LogP contribution is 2.31. The predicted molar refractivity (Wildman–Crippen MR) is 142 cm³/mol. The predicted octanol–water partition coefficient (Wildman–Crippen LogP) is 5.97. The highest BCUT2D eigenvalue weighted by molar-refractivity contribution is 8.00. The fourth-order valence-electron chi connectivity index (χ4n) is 3.60. The van der Waals surface area contributed by atoms with Gasteiger partial charge >= 0.3 is 0 Å². The minimum atomic E-state index is 0.612. The van der Waals surface area contributed by atoms with Crippen molar-refractivity contribution in [1.29, 1.82) is 0 Å². The Morgan fingerprint density at radius 1 is 0.618 bits per heavy atom. The third kappa shape index (κ3) is 4.50. The first kappa shape index (κ1) is 22.1. The van der Waals surface area contributed by atoms with E-state index in [1.165, 1.54) is 23.9 Å². The van der Waals surface area contributed by atoms with Gasteiger partial charge in [-0.3, -0.25) is 10.2 Å². The van der Waals surface area contributed by atoms with Crippen LogP contribution in [-0.2, 0) is 0 Å². The summed E-state index contributed by atoms with van der Waals surface area (Å²) in [7, 11) is 0. The van der Waals surface area contributed by atoms with Crippen LogP contribution in [0.3, 0.4) is 0 Å². The molecule has 5 aromatic rings. The van der Waals surface area contributed by atoms with Gasteiger partial charge in [0.25, 0.3) is 0 Å².